The summed E-state index contributed by atoms with van der Waals surface area (Å²) in [6.07, 6.45) is 0.187. The number of carbonyl (C=O) groups excluding carboxylic acids is 6. The minimum Gasteiger partial charge on any atom is -0.299 e. The Hall–Kier alpha value is -0.642. The van der Waals surface area contributed by atoms with Crippen LogP contribution in [0.15, 0.2) is 0 Å². The molecule has 0 fully saturated rings. The van der Waals surface area contributed by atoms with Crippen LogP contribution in [0.4, 0.5) is 0 Å². The van der Waals surface area contributed by atoms with Gasteiger partial charge in [0.1, 0.15) is 34.7 Å². The normalized spacial score (nSPS) is 12.4. The zero-order valence-electron chi connectivity index (χ0n) is 29.0. The maximum Gasteiger partial charge on any atom is 0.145 e. The van der Waals surface area contributed by atoms with Crippen molar-refractivity contribution in [1.82, 2.24) is 0 Å². The van der Waals surface area contributed by atoms with E-state index in [1.54, 1.807) is 0 Å². The molecular formula is C33H60O6Sm. The Bertz CT molecular complexity index is 693. The van der Waals surface area contributed by atoms with Crippen LogP contribution < -0.4 is 0 Å². The molecule has 0 heterocycles. The fourth-order valence-corrected chi connectivity index (χ4v) is 2.03. The third-order valence-corrected chi connectivity index (χ3v) is 5.98. The first-order valence-electron chi connectivity index (χ1n) is 13.8. The molecule has 6 nitrogen and oxygen atoms in total. The quantitative estimate of drug-likeness (QED) is 0.262. The molecule has 0 amide bonds. The van der Waals surface area contributed by atoms with Gasteiger partial charge in [0, 0.05) is 72.9 Å². The van der Waals surface area contributed by atoms with E-state index in [0.29, 0.717) is 0 Å². The molecule has 0 saturated heterocycles. The van der Waals surface area contributed by atoms with Gasteiger partial charge >= 0.3 is 0 Å². The summed E-state index contributed by atoms with van der Waals surface area (Å²) in [5.74, 6) is 0.125. The molecule has 0 aromatic heterocycles. The third-order valence-electron chi connectivity index (χ3n) is 5.98. The zero-order chi connectivity index (χ0) is 32.6. The van der Waals surface area contributed by atoms with Crippen LogP contribution in [0.3, 0.4) is 0 Å². The van der Waals surface area contributed by atoms with Crippen LogP contribution in [-0.2, 0) is 28.8 Å². The van der Waals surface area contributed by atoms with Crippen molar-refractivity contribution < 1.29 is 69.2 Å². The Kier molecular flexibility index (Phi) is 19.5. The molecule has 234 valence electrons. The van der Waals surface area contributed by atoms with Crippen LogP contribution in [0.25, 0.3) is 0 Å². The van der Waals surface area contributed by atoms with Crippen molar-refractivity contribution in [2.24, 2.45) is 32.5 Å². The first kappa shape index (κ1) is 46.3. The second-order valence-corrected chi connectivity index (χ2v) is 16.6. The number of rotatable bonds is 6. The Morgan fingerprint density at radius 2 is 0.350 bits per heavy atom. The summed E-state index contributed by atoms with van der Waals surface area (Å²) in [5, 5.41) is 0. The van der Waals surface area contributed by atoms with E-state index in [9.17, 15) is 28.8 Å². The van der Waals surface area contributed by atoms with E-state index in [0.717, 1.165) is 0 Å². The van der Waals surface area contributed by atoms with Gasteiger partial charge in [0.15, 0.2) is 0 Å². The molecule has 7 heteroatoms. The fraction of sp³-hybridized carbons (Fsp3) is 0.818. The van der Waals surface area contributed by atoms with Crippen molar-refractivity contribution in [2.75, 3.05) is 0 Å². The number of Topliss-reactive ketones (excluding diaryl/α,β-unsaturated/α-hetero) is 6. The van der Waals surface area contributed by atoms with E-state index in [-0.39, 0.29) is 94.4 Å². The summed E-state index contributed by atoms with van der Waals surface area (Å²) < 4.78 is 0. The van der Waals surface area contributed by atoms with E-state index in [1.807, 2.05) is 125 Å². The van der Waals surface area contributed by atoms with Gasteiger partial charge < -0.3 is 0 Å². The van der Waals surface area contributed by atoms with Crippen molar-refractivity contribution in [1.29, 1.82) is 0 Å². The number of carbonyl (C=O) groups is 6. The van der Waals surface area contributed by atoms with Crippen molar-refractivity contribution in [3.8, 4) is 0 Å². The molecule has 0 aliphatic heterocycles. The second kappa shape index (κ2) is 16.9. The van der Waals surface area contributed by atoms with Gasteiger partial charge in [-0.1, -0.05) is 125 Å². The summed E-state index contributed by atoms with van der Waals surface area (Å²) in [4.78, 5) is 69.0. The molecule has 0 radical (unpaired) electrons. The van der Waals surface area contributed by atoms with Crippen LogP contribution >= 0.6 is 0 Å². The van der Waals surface area contributed by atoms with Gasteiger partial charge in [0.05, 0.1) is 19.3 Å². The monoisotopic (exact) mass is 704 g/mol. The Morgan fingerprint density at radius 1 is 0.275 bits per heavy atom. The standard InChI is InChI=1S/3C11H20O2.Sm/c3*1-10(2,3)8(12)7-9(13)11(4,5)6;/h3*7H2,1-6H3;. The fourth-order valence-electron chi connectivity index (χ4n) is 2.03. The molecule has 0 aliphatic carbocycles. The number of ketones is 6. The van der Waals surface area contributed by atoms with Gasteiger partial charge in [-0.15, -0.1) is 0 Å². The molecule has 0 atom stereocenters. The Labute approximate surface area is 278 Å². The topological polar surface area (TPSA) is 102 Å². The van der Waals surface area contributed by atoms with Crippen molar-refractivity contribution in [3.63, 3.8) is 0 Å². The van der Waals surface area contributed by atoms with Gasteiger partial charge in [0.2, 0.25) is 0 Å². The average molecular weight is 703 g/mol. The molecule has 40 heavy (non-hydrogen) atoms. The molecule has 0 aromatic carbocycles. The molecular weight excluding hydrogens is 643 g/mol. The molecule has 0 unspecified atom stereocenters. The second-order valence-electron chi connectivity index (χ2n) is 16.6. The summed E-state index contributed by atoms with van der Waals surface area (Å²) in [5.41, 5.74) is -2.41. The largest absolute Gasteiger partial charge is 0.299 e. The SMILES string of the molecule is CC(C)(C)C(=O)CC(=O)C(C)(C)C.CC(C)(C)C(=O)CC(=O)C(C)(C)C.CC(C)(C)C(=O)CC(=O)C(C)(C)C.[Sm]. The predicted molar refractivity (Wildman–Crippen MR) is 161 cm³/mol. The van der Waals surface area contributed by atoms with E-state index >= 15 is 0 Å². The smallest absolute Gasteiger partial charge is 0.145 e. The van der Waals surface area contributed by atoms with Gasteiger partial charge in [-0.3, -0.25) is 28.8 Å². The molecule has 0 N–H and O–H groups in total. The summed E-state index contributed by atoms with van der Waals surface area (Å²) in [7, 11) is 0. The first-order valence-corrected chi connectivity index (χ1v) is 13.8. The van der Waals surface area contributed by atoms with Crippen molar-refractivity contribution in [2.45, 2.75) is 144 Å². The van der Waals surface area contributed by atoms with E-state index in [2.05, 4.69) is 0 Å². The summed E-state index contributed by atoms with van der Waals surface area (Å²) in [6, 6.07) is 0. The van der Waals surface area contributed by atoms with Crippen LogP contribution in [0.2, 0.25) is 0 Å². The Balaban J connectivity index is -0.000000240. The summed E-state index contributed by atoms with van der Waals surface area (Å²) >= 11 is 0. The van der Waals surface area contributed by atoms with E-state index < -0.39 is 32.5 Å². The molecule has 0 aliphatic rings. The van der Waals surface area contributed by atoms with Crippen molar-refractivity contribution in [3.05, 3.63) is 0 Å². The summed E-state index contributed by atoms with van der Waals surface area (Å²) in [6.45, 7) is 33.1. The molecule has 0 rings (SSSR count). The maximum absolute atomic E-state index is 11.5. The minimum atomic E-state index is -0.402. The van der Waals surface area contributed by atoms with Gasteiger partial charge in [-0.05, 0) is 0 Å². The Morgan fingerprint density at radius 3 is 0.400 bits per heavy atom. The van der Waals surface area contributed by atoms with Crippen LogP contribution in [-0.4, -0.2) is 34.7 Å². The van der Waals surface area contributed by atoms with Crippen LogP contribution in [0, 0.1) is 72.9 Å². The van der Waals surface area contributed by atoms with Crippen molar-refractivity contribution >= 4 is 34.7 Å². The molecule has 0 saturated carbocycles. The van der Waals surface area contributed by atoms with Gasteiger partial charge in [-0.2, -0.15) is 0 Å². The van der Waals surface area contributed by atoms with Crippen LogP contribution in [0.5, 0.6) is 0 Å². The van der Waals surface area contributed by atoms with Gasteiger partial charge in [0.25, 0.3) is 0 Å². The number of hydrogen-bond acceptors (Lipinski definition) is 6. The molecule has 0 aromatic rings. The third kappa shape index (κ3) is 22.0. The molecule has 0 bridgehead atoms. The first-order chi connectivity index (χ1) is 16.6. The predicted octanol–water partition coefficient (Wildman–Crippen LogP) is 7.82. The zero-order valence-corrected chi connectivity index (χ0v) is 31.6. The van der Waals surface area contributed by atoms with E-state index in [1.165, 1.54) is 0 Å². The van der Waals surface area contributed by atoms with Crippen LogP contribution in [0.1, 0.15) is 144 Å². The maximum atomic E-state index is 11.5. The van der Waals surface area contributed by atoms with Gasteiger partial charge in [-0.25, -0.2) is 0 Å². The van der Waals surface area contributed by atoms with E-state index in [4.69, 9.17) is 0 Å². The number of hydrogen-bond donors (Lipinski definition) is 0. The molecule has 0 spiro atoms. The minimum absolute atomic E-state index is 0. The average Bonchev–Trinajstić information content (AvgIpc) is 2.64.